The maximum absolute atomic E-state index is 13.0. The highest BCUT2D eigenvalue weighted by Crippen LogP contribution is 2.24. The lowest BCUT2D eigenvalue weighted by atomic mass is 9.87. The van der Waals surface area contributed by atoms with Gasteiger partial charge in [0, 0.05) is 35.4 Å². The average Bonchev–Trinajstić information content (AvgIpc) is 2.71. The number of hydrogen-bond donors (Lipinski definition) is 1. The van der Waals surface area contributed by atoms with Crippen molar-refractivity contribution < 1.29 is 9.59 Å². The predicted octanol–water partition coefficient (Wildman–Crippen LogP) is 6.21. The van der Waals surface area contributed by atoms with Gasteiger partial charge in [-0.05, 0) is 61.4 Å². The number of nitrogens with zero attached hydrogens (tertiary/aromatic N) is 2. The lowest BCUT2D eigenvalue weighted by molar-refractivity contribution is -0.121. The number of aryl methyl sites for hydroxylation is 1. The number of nitrogens with one attached hydrogen (secondary N) is 1. The van der Waals surface area contributed by atoms with Crippen LogP contribution in [0.3, 0.4) is 0 Å². The van der Waals surface area contributed by atoms with Gasteiger partial charge in [0.15, 0.2) is 11.5 Å². The third-order valence-electron chi connectivity index (χ3n) is 4.93. The number of rotatable bonds is 8. The molecule has 166 valence electrons. The van der Waals surface area contributed by atoms with Crippen LogP contribution in [0.25, 0.3) is 0 Å². The van der Waals surface area contributed by atoms with Crippen LogP contribution in [0.5, 0.6) is 0 Å². The zero-order chi connectivity index (χ0) is 23.2. The molecule has 0 bridgehead atoms. The van der Waals surface area contributed by atoms with E-state index in [1.165, 1.54) is 0 Å². The van der Waals surface area contributed by atoms with Gasteiger partial charge in [-0.3, -0.25) is 9.59 Å². The van der Waals surface area contributed by atoms with E-state index in [9.17, 15) is 9.59 Å². The molecule has 0 spiro atoms. The summed E-state index contributed by atoms with van der Waals surface area (Å²) >= 11 is 6.00. The zero-order valence-electron chi connectivity index (χ0n) is 19.3. The molecule has 0 heterocycles. The predicted molar refractivity (Wildman–Crippen MR) is 131 cm³/mol. The number of amides is 1. The largest absolute Gasteiger partial charge is 0.375 e. The van der Waals surface area contributed by atoms with Gasteiger partial charge in [0.2, 0.25) is 0 Å². The highest BCUT2D eigenvalue weighted by atomic mass is 35.5. The number of hydrogen-bond acceptors (Lipinski definition) is 4. The van der Waals surface area contributed by atoms with Crippen molar-refractivity contribution in [3.63, 3.8) is 0 Å². The lowest BCUT2D eigenvalue weighted by Gasteiger charge is -2.19. The molecule has 1 amide bonds. The Balaban J connectivity index is 2.34. The average molecular weight is 442 g/mol. The Morgan fingerprint density at radius 2 is 1.74 bits per heavy atom. The Kier molecular flexibility index (Phi) is 8.40. The fraction of sp³-hybridized carbons (Fsp3) is 0.400. The number of aliphatic imine (C=N–C) groups is 1. The first kappa shape index (κ1) is 24.6. The summed E-state index contributed by atoms with van der Waals surface area (Å²) in [5.74, 6) is -0.852. The van der Waals surface area contributed by atoms with Gasteiger partial charge in [-0.25, -0.2) is 4.99 Å². The molecule has 6 heteroatoms. The fourth-order valence-electron chi connectivity index (χ4n) is 2.94. The van der Waals surface area contributed by atoms with Crippen molar-refractivity contribution in [3.05, 3.63) is 53.1 Å². The molecule has 2 aromatic rings. The molecule has 0 aliphatic carbocycles. The van der Waals surface area contributed by atoms with Gasteiger partial charge in [0.1, 0.15) is 0 Å². The van der Waals surface area contributed by atoms with Gasteiger partial charge < -0.3 is 10.2 Å². The third-order valence-corrected chi connectivity index (χ3v) is 5.16. The summed E-state index contributed by atoms with van der Waals surface area (Å²) in [7, 11) is 2.05. The molecule has 0 unspecified atom stereocenters. The van der Waals surface area contributed by atoms with Crippen LogP contribution in [0.15, 0.2) is 47.5 Å². The van der Waals surface area contributed by atoms with E-state index < -0.39 is 11.3 Å². The van der Waals surface area contributed by atoms with Crippen molar-refractivity contribution in [3.8, 4) is 0 Å². The second-order valence-electron chi connectivity index (χ2n) is 8.74. The molecule has 2 aromatic carbocycles. The summed E-state index contributed by atoms with van der Waals surface area (Å²) in [6.07, 6.45) is 2.25. The van der Waals surface area contributed by atoms with Gasteiger partial charge in [-0.1, -0.05) is 45.7 Å². The van der Waals surface area contributed by atoms with Gasteiger partial charge >= 0.3 is 0 Å². The van der Waals surface area contributed by atoms with Crippen LogP contribution in [0, 0.1) is 12.3 Å². The number of anilines is 2. The number of carbonyl (C=O) groups is 2. The van der Waals surface area contributed by atoms with E-state index in [4.69, 9.17) is 11.6 Å². The Hall–Kier alpha value is -2.66. The molecule has 0 saturated carbocycles. The quantitative estimate of drug-likeness (QED) is 0.391. The Morgan fingerprint density at radius 1 is 1.10 bits per heavy atom. The summed E-state index contributed by atoms with van der Waals surface area (Å²) in [6, 6.07) is 12.7. The SMILES string of the molecule is CCCCN(C)c1ccc(N=C(C(=O)Nc2ccc(Cl)cc2C)C(=O)C(C)(C)C)cc1. The molecular formula is C25H32ClN3O2. The normalized spacial score (nSPS) is 11.9. The summed E-state index contributed by atoms with van der Waals surface area (Å²) < 4.78 is 0. The Bertz CT molecular complexity index is 960. The molecule has 1 N–H and O–H groups in total. The topological polar surface area (TPSA) is 61.8 Å². The molecule has 0 aromatic heterocycles. The van der Waals surface area contributed by atoms with Crippen LogP contribution < -0.4 is 10.2 Å². The van der Waals surface area contributed by atoms with Crippen molar-refractivity contribution in [2.24, 2.45) is 10.4 Å². The molecule has 0 fully saturated rings. The van der Waals surface area contributed by atoms with Gasteiger partial charge in [-0.2, -0.15) is 0 Å². The van der Waals surface area contributed by atoms with E-state index in [-0.39, 0.29) is 11.5 Å². The number of ketones is 1. The maximum atomic E-state index is 13.0. The van der Waals surface area contributed by atoms with Crippen molar-refractivity contribution in [2.75, 3.05) is 23.8 Å². The molecule has 0 aliphatic heterocycles. The number of benzene rings is 2. The minimum absolute atomic E-state index is 0.117. The Labute approximate surface area is 190 Å². The highest BCUT2D eigenvalue weighted by Gasteiger charge is 2.31. The van der Waals surface area contributed by atoms with Crippen LogP contribution in [0.2, 0.25) is 5.02 Å². The number of unbranched alkanes of at least 4 members (excludes halogenated alkanes) is 1. The van der Waals surface area contributed by atoms with Gasteiger partial charge in [0.25, 0.3) is 5.91 Å². The summed E-state index contributed by atoms with van der Waals surface area (Å²) in [6.45, 7) is 10.3. The van der Waals surface area contributed by atoms with Gasteiger partial charge in [0.05, 0.1) is 5.69 Å². The minimum Gasteiger partial charge on any atom is -0.375 e. The summed E-state index contributed by atoms with van der Waals surface area (Å²) in [5.41, 5.74) is 2.17. The molecular weight excluding hydrogens is 410 g/mol. The van der Waals surface area contributed by atoms with E-state index in [1.54, 1.807) is 39.0 Å². The highest BCUT2D eigenvalue weighted by molar-refractivity contribution is 6.68. The second kappa shape index (κ2) is 10.6. The third kappa shape index (κ3) is 6.93. The van der Waals surface area contributed by atoms with E-state index in [0.29, 0.717) is 16.4 Å². The first-order valence-corrected chi connectivity index (χ1v) is 10.9. The van der Waals surface area contributed by atoms with Crippen molar-refractivity contribution >= 4 is 46.1 Å². The number of halogens is 1. The summed E-state index contributed by atoms with van der Waals surface area (Å²) in [5, 5.41) is 3.39. The fourth-order valence-corrected chi connectivity index (χ4v) is 3.17. The molecule has 5 nitrogen and oxygen atoms in total. The standard InChI is InChI=1S/C25H32ClN3O2/c1-7-8-15-29(6)20-12-10-19(11-13-20)27-22(23(30)25(3,4)5)24(31)28-21-14-9-18(26)16-17(21)2/h9-14,16H,7-8,15H2,1-6H3,(H,28,31). The Morgan fingerprint density at radius 3 is 2.29 bits per heavy atom. The van der Waals surface area contributed by atoms with E-state index >= 15 is 0 Å². The molecule has 0 atom stereocenters. The van der Waals surface area contributed by atoms with Crippen molar-refractivity contribution in [1.82, 2.24) is 0 Å². The van der Waals surface area contributed by atoms with Gasteiger partial charge in [-0.15, -0.1) is 0 Å². The monoisotopic (exact) mass is 441 g/mol. The lowest BCUT2D eigenvalue weighted by Crippen LogP contribution is -2.37. The molecule has 0 aliphatic rings. The van der Waals surface area contributed by atoms with Crippen LogP contribution in [-0.2, 0) is 9.59 Å². The van der Waals surface area contributed by atoms with E-state index in [1.807, 2.05) is 38.2 Å². The van der Waals surface area contributed by atoms with Crippen molar-refractivity contribution in [1.29, 1.82) is 0 Å². The smallest absolute Gasteiger partial charge is 0.278 e. The molecule has 0 radical (unpaired) electrons. The minimum atomic E-state index is -0.745. The zero-order valence-corrected chi connectivity index (χ0v) is 20.0. The maximum Gasteiger partial charge on any atom is 0.278 e. The van der Waals surface area contributed by atoms with Crippen molar-refractivity contribution in [2.45, 2.75) is 47.5 Å². The first-order valence-electron chi connectivity index (χ1n) is 10.5. The van der Waals surface area contributed by atoms with Crippen LogP contribution >= 0.6 is 11.6 Å². The summed E-state index contributed by atoms with van der Waals surface area (Å²) in [4.78, 5) is 32.7. The van der Waals surface area contributed by atoms with Crippen LogP contribution in [0.4, 0.5) is 17.1 Å². The molecule has 31 heavy (non-hydrogen) atoms. The van der Waals surface area contributed by atoms with Crippen LogP contribution in [0.1, 0.15) is 46.1 Å². The molecule has 2 rings (SSSR count). The number of carbonyl (C=O) groups excluding carboxylic acids is 2. The van der Waals surface area contributed by atoms with E-state index in [0.717, 1.165) is 30.6 Å². The number of Topliss-reactive ketones (excluding diaryl/α,β-unsaturated/α-hetero) is 1. The van der Waals surface area contributed by atoms with Crippen LogP contribution in [-0.4, -0.2) is 31.0 Å². The van der Waals surface area contributed by atoms with E-state index in [2.05, 4.69) is 22.1 Å². The second-order valence-corrected chi connectivity index (χ2v) is 9.18. The first-order chi connectivity index (χ1) is 14.5. The molecule has 0 saturated heterocycles.